The number of aromatic nitrogens is 2. The van der Waals surface area contributed by atoms with Crippen LogP contribution >= 0.6 is 0 Å². The fourth-order valence-electron chi connectivity index (χ4n) is 1.17. The standard InChI is InChI=1S/C8H14N4/c1-12-8(9)6(5-11-12)4-10-7-2-3-7/h5,7,10H,2-4,9H2,1H3. The molecule has 1 fully saturated rings. The molecule has 0 atom stereocenters. The van der Waals surface area contributed by atoms with Gasteiger partial charge in [0.1, 0.15) is 5.82 Å². The summed E-state index contributed by atoms with van der Waals surface area (Å²) in [7, 11) is 1.86. The Bertz CT molecular complexity index is 275. The van der Waals surface area contributed by atoms with Crippen LogP contribution in [0.2, 0.25) is 0 Å². The third-order valence-corrected chi connectivity index (χ3v) is 2.22. The zero-order valence-corrected chi connectivity index (χ0v) is 7.25. The van der Waals surface area contributed by atoms with Gasteiger partial charge in [0.2, 0.25) is 0 Å². The molecular formula is C8H14N4. The molecule has 66 valence electrons. The molecule has 1 heterocycles. The number of hydrogen-bond acceptors (Lipinski definition) is 3. The van der Waals surface area contributed by atoms with Crippen molar-refractivity contribution >= 4 is 5.82 Å². The third-order valence-electron chi connectivity index (χ3n) is 2.22. The average Bonchev–Trinajstić information content (AvgIpc) is 2.82. The van der Waals surface area contributed by atoms with Crippen molar-refractivity contribution in [2.45, 2.75) is 25.4 Å². The Hall–Kier alpha value is -1.03. The molecule has 0 bridgehead atoms. The lowest BCUT2D eigenvalue weighted by Crippen LogP contribution is -2.16. The first-order chi connectivity index (χ1) is 5.77. The highest BCUT2D eigenvalue weighted by molar-refractivity contribution is 5.38. The van der Waals surface area contributed by atoms with E-state index >= 15 is 0 Å². The van der Waals surface area contributed by atoms with Gasteiger partial charge < -0.3 is 11.1 Å². The lowest BCUT2D eigenvalue weighted by molar-refractivity contribution is 0.688. The number of nitrogens with zero attached hydrogens (tertiary/aromatic N) is 2. The van der Waals surface area contributed by atoms with Crippen LogP contribution in [0.1, 0.15) is 18.4 Å². The summed E-state index contributed by atoms with van der Waals surface area (Å²) in [5, 5.41) is 7.46. The SMILES string of the molecule is Cn1ncc(CNC2CC2)c1N. The predicted octanol–water partition coefficient (Wildman–Crippen LogP) is 0.254. The van der Waals surface area contributed by atoms with E-state index in [2.05, 4.69) is 10.4 Å². The minimum atomic E-state index is 0.726. The molecular weight excluding hydrogens is 152 g/mol. The summed E-state index contributed by atoms with van der Waals surface area (Å²) in [4.78, 5) is 0. The van der Waals surface area contributed by atoms with Crippen molar-refractivity contribution < 1.29 is 0 Å². The van der Waals surface area contributed by atoms with E-state index in [0.29, 0.717) is 0 Å². The van der Waals surface area contributed by atoms with Crippen LogP contribution in [0.15, 0.2) is 6.20 Å². The molecule has 2 rings (SSSR count). The fraction of sp³-hybridized carbons (Fsp3) is 0.625. The molecule has 1 aliphatic carbocycles. The van der Waals surface area contributed by atoms with E-state index in [9.17, 15) is 0 Å². The number of nitrogens with one attached hydrogen (secondary N) is 1. The van der Waals surface area contributed by atoms with Gasteiger partial charge in [0.05, 0.1) is 6.20 Å². The summed E-state index contributed by atoms with van der Waals surface area (Å²) in [6.45, 7) is 0.852. The number of nitrogens with two attached hydrogens (primary N) is 1. The van der Waals surface area contributed by atoms with Crippen molar-refractivity contribution in [3.63, 3.8) is 0 Å². The van der Waals surface area contributed by atoms with Gasteiger partial charge in [-0.05, 0) is 12.8 Å². The monoisotopic (exact) mass is 166 g/mol. The fourth-order valence-corrected chi connectivity index (χ4v) is 1.17. The van der Waals surface area contributed by atoms with Gasteiger partial charge in [0.15, 0.2) is 0 Å². The van der Waals surface area contributed by atoms with Gasteiger partial charge in [0, 0.05) is 25.2 Å². The molecule has 0 aromatic carbocycles. The van der Waals surface area contributed by atoms with Crippen LogP contribution in [0, 0.1) is 0 Å². The maximum Gasteiger partial charge on any atom is 0.125 e. The number of anilines is 1. The van der Waals surface area contributed by atoms with Crippen LogP contribution in [-0.2, 0) is 13.6 Å². The minimum Gasteiger partial charge on any atom is -0.384 e. The largest absolute Gasteiger partial charge is 0.384 e. The van der Waals surface area contributed by atoms with Crippen molar-refractivity contribution in [2.75, 3.05) is 5.73 Å². The minimum absolute atomic E-state index is 0.726. The maximum atomic E-state index is 5.77. The highest BCUT2D eigenvalue weighted by Crippen LogP contribution is 2.20. The van der Waals surface area contributed by atoms with Gasteiger partial charge in [-0.1, -0.05) is 0 Å². The molecule has 0 spiro atoms. The molecule has 0 saturated heterocycles. The van der Waals surface area contributed by atoms with E-state index < -0.39 is 0 Å². The topological polar surface area (TPSA) is 55.9 Å². The zero-order valence-electron chi connectivity index (χ0n) is 7.25. The van der Waals surface area contributed by atoms with E-state index in [1.165, 1.54) is 12.8 Å². The Labute approximate surface area is 71.7 Å². The summed E-state index contributed by atoms with van der Waals surface area (Å²) in [6.07, 6.45) is 4.44. The number of hydrogen-bond donors (Lipinski definition) is 2. The van der Waals surface area contributed by atoms with E-state index in [-0.39, 0.29) is 0 Å². The van der Waals surface area contributed by atoms with Crippen LogP contribution in [0.25, 0.3) is 0 Å². The van der Waals surface area contributed by atoms with E-state index in [0.717, 1.165) is 24.0 Å². The van der Waals surface area contributed by atoms with Gasteiger partial charge in [-0.25, -0.2) is 0 Å². The van der Waals surface area contributed by atoms with E-state index in [4.69, 9.17) is 5.73 Å². The van der Waals surface area contributed by atoms with Gasteiger partial charge in [-0.15, -0.1) is 0 Å². The van der Waals surface area contributed by atoms with Crippen LogP contribution in [-0.4, -0.2) is 15.8 Å². The highest BCUT2D eigenvalue weighted by Gasteiger charge is 2.20. The second-order valence-corrected chi connectivity index (χ2v) is 3.33. The predicted molar refractivity (Wildman–Crippen MR) is 47.5 cm³/mol. The quantitative estimate of drug-likeness (QED) is 0.677. The van der Waals surface area contributed by atoms with Crippen LogP contribution in [0.3, 0.4) is 0 Å². The van der Waals surface area contributed by atoms with Crippen molar-refractivity contribution in [3.05, 3.63) is 11.8 Å². The number of nitrogen functional groups attached to an aromatic ring is 1. The van der Waals surface area contributed by atoms with Crippen molar-refractivity contribution in [1.29, 1.82) is 0 Å². The first-order valence-corrected chi connectivity index (χ1v) is 4.27. The second kappa shape index (κ2) is 2.79. The first kappa shape index (κ1) is 7.61. The van der Waals surface area contributed by atoms with Crippen molar-refractivity contribution in [1.82, 2.24) is 15.1 Å². The molecule has 1 aromatic heterocycles. The summed E-state index contributed by atoms with van der Waals surface area (Å²) < 4.78 is 1.70. The smallest absolute Gasteiger partial charge is 0.125 e. The summed E-state index contributed by atoms with van der Waals surface area (Å²) in [6, 6.07) is 0.726. The molecule has 12 heavy (non-hydrogen) atoms. The summed E-state index contributed by atoms with van der Waals surface area (Å²) in [5.41, 5.74) is 6.87. The van der Waals surface area contributed by atoms with Crippen molar-refractivity contribution in [2.24, 2.45) is 7.05 Å². The highest BCUT2D eigenvalue weighted by atomic mass is 15.3. The Kier molecular flexibility index (Phi) is 1.77. The maximum absolute atomic E-state index is 5.77. The lowest BCUT2D eigenvalue weighted by atomic mass is 10.3. The molecule has 1 aromatic rings. The Morgan fingerprint density at radius 1 is 1.75 bits per heavy atom. The average molecular weight is 166 g/mol. The Balaban J connectivity index is 1.96. The molecule has 4 heteroatoms. The number of aryl methyl sites for hydroxylation is 1. The van der Waals surface area contributed by atoms with Gasteiger partial charge >= 0.3 is 0 Å². The zero-order chi connectivity index (χ0) is 8.55. The molecule has 0 radical (unpaired) electrons. The lowest BCUT2D eigenvalue weighted by Gasteiger charge is -2.01. The van der Waals surface area contributed by atoms with Gasteiger partial charge in [-0.3, -0.25) is 4.68 Å². The van der Waals surface area contributed by atoms with E-state index in [1.54, 1.807) is 4.68 Å². The van der Waals surface area contributed by atoms with Gasteiger partial charge in [-0.2, -0.15) is 5.10 Å². The molecule has 0 amide bonds. The molecule has 1 aliphatic rings. The first-order valence-electron chi connectivity index (χ1n) is 4.27. The molecule has 1 saturated carbocycles. The Morgan fingerprint density at radius 2 is 2.50 bits per heavy atom. The van der Waals surface area contributed by atoms with Crippen LogP contribution in [0.4, 0.5) is 5.82 Å². The van der Waals surface area contributed by atoms with Crippen LogP contribution in [0.5, 0.6) is 0 Å². The van der Waals surface area contributed by atoms with Crippen LogP contribution < -0.4 is 11.1 Å². The summed E-state index contributed by atoms with van der Waals surface area (Å²) >= 11 is 0. The normalized spacial score (nSPS) is 16.8. The number of rotatable bonds is 3. The molecule has 3 N–H and O–H groups in total. The third kappa shape index (κ3) is 1.43. The van der Waals surface area contributed by atoms with Crippen molar-refractivity contribution in [3.8, 4) is 0 Å². The summed E-state index contributed by atoms with van der Waals surface area (Å²) in [5.74, 6) is 0.767. The molecule has 0 aliphatic heterocycles. The molecule has 0 unspecified atom stereocenters. The molecule has 4 nitrogen and oxygen atoms in total. The second-order valence-electron chi connectivity index (χ2n) is 3.33. The Morgan fingerprint density at radius 3 is 3.00 bits per heavy atom. The van der Waals surface area contributed by atoms with E-state index in [1.807, 2.05) is 13.2 Å². The van der Waals surface area contributed by atoms with Gasteiger partial charge in [0.25, 0.3) is 0 Å².